The van der Waals surface area contributed by atoms with Gasteiger partial charge in [0.05, 0.1) is 33.9 Å². The number of hydrogen-bond acceptors (Lipinski definition) is 7. The van der Waals surface area contributed by atoms with Crippen molar-refractivity contribution in [2.45, 2.75) is 57.1 Å². The van der Waals surface area contributed by atoms with Crippen LogP contribution in [0.2, 0.25) is 0 Å². The van der Waals surface area contributed by atoms with Gasteiger partial charge in [-0.15, -0.1) is 0 Å². The van der Waals surface area contributed by atoms with Crippen LogP contribution in [0.4, 0.5) is 10.5 Å². The number of carbonyl (C=O) groups is 3. The number of hydrogen-bond donors (Lipinski definition) is 2. The van der Waals surface area contributed by atoms with E-state index in [1.807, 2.05) is 44.2 Å². The molecule has 3 aliphatic rings. The SMILES string of the molecule is CC(C)C[C@H]1C(=O)N2c3ccccc3[C@@](O)(C[C@@H]3NC(=O)c4ccccc4-n4c3nc3ccccc3c4=O)[C@H]2N1C(=O)OCc1ccccc1. The fourth-order valence-corrected chi connectivity index (χ4v) is 7.71. The summed E-state index contributed by atoms with van der Waals surface area (Å²) in [5.41, 5.74) is 0.431. The Kier molecular flexibility index (Phi) is 7.52. The van der Waals surface area contributed by atoms with Crippen LogP contribution < -0.4 is 15.8 Å². The molecule has 4 aromatic carbocycles. The van der Waals surface area contributed by atoms with E-state index in [1.54, 1.807) is 72.8 Å². The number of nitrogens with zero attached hydrogens (tertiary/aromatic N) is 4. The van der Waals surface area contributed by atoms with Crippen LogP contribution in [0.1, 0.15) is 60.0 Å². The number of ether oxygens (including phenoxy) is 1. The van der Waals surface area contributed by atoms with Gasteiger partial charge in [-0.2, -0.15) is 0 Å². The van der Waals surface area contributed by atoms with Crippen molar-refractivity contribution in [2.75, 3.05) is 4.90 Å². The lowest BCUT2D eigenvalue weighted by Crippen LogP contribution is -2.55. The molecule has 0 radical (unpaired) electrons. The zero-order valence-electron chi connectivity index (χ0n) is 27.5. The minimum absolute atomic E-state index is 0.0267. The second kappa shape index (κ2) is 12.0. The molecule has 11 heteroatoms. The quantitative estimate of drug-likeness (QED) is 0.254. The Labute approximate surface area is 287 Å². The van der Waals surface area contributed by atoms with E-state index < -0.39 is 35.9 Å². The van der Waals surface area contributed by atoms with Gasteiger partial charge in [0.1, 0.15) is 30.2 Å². The highest BCUT2D eigenvalue weighted by Crippen LogP contribution is 2.53. The fraction of sp³-hybridized carbons (Fsp3) is 0.256. The van der Waals surface area contributed by atoms with E-state index in [1.165, 1.54) is 14.4 Å². The number of nitrogens with one attached hydrogen (secondary N) is 1. The van der Waals surface area contributed by atoms with E-state index in [0.29, 0.717) is 34.3 Å². The Hall–Kier alpha value is -5.81. The van der Waals surface area contributed by atoms with Gasteiger partial charge in [-0.3, -0.25) is 28.8 Å². The summed E-state index contributed by atoms with van der Waals surface area (Å²) in [6.45, 7) is 3.91. The van der Waals surface area contributed by atoms with Gasteiger partial charge in [0.2, 0.25) is 0 Å². The first-order valence-corrected chi connectivity index (χ1v) is 16.7. The zero-order chi connectivity index (χ0) is 34.7. The van der Waals surface area contributed by atoms with Crippen LogP contribution in [-0.4, -0.2) is 49.7 Å². The third kappa shape index (κ3) is 4.87. The summed E-state index contributed by atoms with van der Waals surface area (Å²) >= 11 is 0. The van der Waals surface area contributed by atoms with Crippen molar-refractivity contribution in [2.24, 2.45) is 5.92 Å². The van der Waals surface area contributed by atoms with Crippen LogP contribution >= 0.6 is 0 Å². The van der Waals surface area contributed by atoms with Gasteiger partial charge in [-0.05, 0) is 48.2 Å². The molecule has 0 aliphatic carbocycles. The maximum Gasteiger partial charge on any atom is 0.412 e. The predicted molar refractivity (Wildman–Crippen MR) is 185 cm³/mol. The van der Waals surface area contributed by atoms with Crippen molar-refractivity contribution < 1.29 is 24.2 Å². The largest absolute Gasteiger partial charge is 0.444 e. The molecule has 4 atom stereocenters. The molecule has 3 aliphatic heterocycles. The van der Waals surface area contributed by atoms with Crippen LogP contribution in [0.3, 0.4) is 0 Å². The number of carbonyl (C=O) groups excluding carboxylic acids is 3. The number of rotatable bonds is 6. The summed E-state index contributed by atoms with van der Waals surface area (Å²) in [5.74, 6) is -0.530. The number of aliphatic hydroxyl groups is 1. The molecular formula is C39H35N5O6. The lowest BCUT2D eigenvalue weighted by Gasteiger charge is -2.38. The highest BCUT2D eigenvalue weighted by atomic mass is 16.6. The molecule has 3 amide bonds. The number of fused-ring (bicyclic) bond motifs is 7. The highest BCUT2D eigenvalue weighted by Gasteiger charge is 2.64. The number of para-hydroxylation sites is 3. The monoisotopic (exact) mass is 669 g/mol. The number of anilines is 1. The van der Waals surface area contributed by atoms with Gasteiger partial charge < -0.3 is 15.2 Å². The Morgan fingerprint density at radius 3 is 2.36 bits per heavy atom. The molecule has 5 aromatic rings. The van der Waals surface area contributed by atoms with Gasteiger partial charge in [0, 0.05) is 12.0 Å². The van der Waals surface area contributed by atoms with E-state index >= 15 is 0 Å². The van der Waals surface area contributed by atoms with Gasteiger partial charge in [0.15, 0.2) is 0 Å². The van der Waals surface area contributed by atoms with Crippen LogP contribution in [0.15, 0.2) is 108 Å². The predicted octanol–water partition coefficient (Wildman–Crippen LogP) is 5.19. The van der Waals surface area contributed by atoms with E-state index in [4.69, 9.17) is 9.72 Å². The van der Waals surface area contributed by atoms with Gasteiger partial charge in [0.25, 0.3) is 17.4 Å². The molecule has 2 N–H and O–H groups in total. The third-order valence-corrected chi connectivity index (χ3v) is 9.86. The fourth-order valence-electron chi connectivity index (χ4n) is 7.71. The lowest BCUT2D eigenvalue weighted by atomic mass is 9.85. The smallest absolute Gasteiger partial charge is 0.412 e. The van der Waals surface area contributed by atoms with Crippen molar-refractivity contribution in [3.63, 3.8) is 0 Å². The molecule has 1 fully saturated rings. The van der Waals surface area contributed by atoms with Crippen LogP contribution in [-0.2, 0) is 21.7 Å². The molecule has 252 valence electrons. The maximum atomic E-state index is 14.3. The number of amides is 3. The minimum atomic E-state index is -1.92. The summed E-state index contributed by atoms with van der Waals surface area (Å²) in [4.78, 5) is 64.3. The number of benzene rings is 4. The normalized spacial score (nSPS) is 22.1. The number of aromatic nitrogens is 2. The topological polar surface area (TPSA) is 134 Å². The lowest BCUT2D eigenvalue weighted by molar-refractivity contribution is -0.120. The van der Waals surface area contributed by atoms with Crippen molar-refractivity contribution in [3.05, 3.63) is 136 Å². The first-order chi connectivity index (χ1) is 24.2. The second-order valence-corrected chi connectivity index (χ2v) is 13.5. The summed E-state index contributed by atoms with van der Waals surface area (Å²) in [6, 6.07) is 28.0. The van der Waals surface area contributed by atoms with Crippen molar-refractivity contribution in [1.82, 2.24) is 19.8 Å². The Balaban J connectivity index is 1.28. The molecule has 50 heavy (non-hydrogen) atoms. The first kappa shape index (κ1) is 31.5. The van der Waals surface area contributed by atoms with Crippen LogP contribution in [0.5, 0.6) is 0 Å². The summed E-state index contributed by atoms with van der Waals surface area (Å²) in [7, 11) is 0. The van der Waals surface area contributed by atoms with E-state index in [0.717, 1.165) is 5.56 Å². The highest BCUT2D eigenvalue weighted by molar-refractivity contribution is 6.05. The molecule has 0 bridgehead atoms. The van der Waals surface area contributed by atoms with Gasteiger partial charge in [-0.25, -0.2) is 9.78 Å². The van der Waals surface area contributed by atoms with Crippen LogP contribution in [0, 0.1) is 5.92 Å². The molecule has 0 saturated carbocycles. The molecular weight excluding hydrogens is 634 g/mol. The van der Waals surface area contributed by atoms with Crippen molar-refractivity contribution in [1.29, 1.82) is 0 Å². The van der Waals surface area contributed by atoms with Crippen molar-refractivity contribution in [3.8, 4) is 5.69 Å². The standard InChI is InChI=1S/C39H35N5O6/c1-23(2)20-32-36(47)43-31-19-11-8-16-27(31)39(49,37(43)44(32)38(48)50-22-24-12-4-3-5-13-24)21-29-33-40-28-17-9-6-14-25(28)35(46)42(33)30-18-10-7-15-26(30)34(45)41-29/h3-19,23,29,32,37,49H,20-22H2,1-2H3,(H,41,45)/t29-,32-,37+,39-/m0/s1. The Morgan fingerprint density at radius 2 is 1.58 bits per heavy atom. The minimum Gasteiger partial charge on any atom is -0.444 e. The summed E-state index contributed by atoms with van der Waals surface area (Å²) in [5, 5.41) is 16.5. The van der Waals surface area contributed by atoms with Gasteiger partial charge >= 0.3 is 6.09 Å². The van der Waals surface area contributed by atoms with E-state index in [9.17, 15) is 24.3 Å². The summed E-state index contributed by atoms with van der Waals surface area (Å²) < 4.78 is 7.26. The first-order valence-electron chi connectivity index (χ1n) is 16.7. The molecule has 1 saturated heterocycles. The molecule has 11 nitrogen and oxygen atoms in total. The van der Waals surface area contributed by atoms with Gasteiger partial charge in [-0.1, -0.05) is 86.6 Å². The average Bonchev–Trinajstić information content (AvgIpc) is 3.50. The second-order valence-electron chi connectivity index (χ2n) is 13.5. The Morgan fingerprint density at radius 1 is 0.900 bits per heavy atom. The van der Waals surface area contributed by atoms with Crippen LogP contribution in [0.25, 0.3) is 16.6 Å². The third-order valence-electron chi connectivity index (χ3n) is 9.86. The van der Waals surface area contributed by atoms with Crippen molar-refractivity contribution >= 4 is 34.5 Å². The van der Waals surface area contributed by atoms with E-state index in [2.05, 4.69) is 5.32 Å². The molecule has 1 aromatic heterocycles. The maximum absolute atomic E-state index is 14.3. The molecule has 8 rings (SSSR count). The molecule has 0 spiro atoms. The average molecular weight is 670 g/mol. The Bertz CT molecular complexity index is 2240. The molecule has 0 unspecified atom stereocenters. The zero-order valence-corrected chi connectivity index (χ0v) is 27.5. The van der Waals surface area contributed by atoms with E-state index in [-0.39, 0.29) is 41.8 Å². The molecule has 4 heterocycles. The summed E-state index contributed by atoms with van der Waals surface area (Å²) in [6.07, 6.45) is -1.83.